The Hall–Kier alpha value is -2.22. The lowest BCUT2D eigenvalue weighted by molar-refractivity contribution is -0.144. The van der Waals surface area contributed by atoms with Crippen molar-refractivity contribution in [3.8, 4) is 11.5 Å². The van der Waals surface area contributed by atoms with Gasteiger partial charge in [0, 0.05) is 5.92 Å². The van der Waals surface area contributed by atoms with Crippen molar-refractivity contribution < 1.29 is 29.1 Å². The summed E-state index contributed by atoms with van der Waals surface area (Å²) < 4.78 is 11.2. The van der Waals surface area contributed by atoms with Crippen LogP contribution in [0.1, 0.15) is 35.2 Å². The van der Waals surface area contributed by atoms with Crippen LogP contribution in [0.3, 0.4) is 0 Å². The molecule has 27 heavy (non-hydrogen) atoms. The second-order valence-corrected chi connectivity index (χ2v) is 8.25. The predicted octanol–water partition coefficient (Wildman–Crippen LogP) is 1.44. The summed E-state index contributed by atoms with van der Waals surface area (Å²) in [5.41, 5.74) is 0.710. The predicted molar refractivity (Wildman–Crippen MR) is 95.8 cm³/mol. The van der Waals surface area contributed by atoms with Crippen molar-refractivity contribution in [3.63, 3.8) is 0 Å². The Kier molecular flexibility index (Phi) is 3.86. The number of ether oxygens (including phenoxy) is 1. The van der Waals surface area contributed by atoms with Gasteiger partial charge in [-0.3, -0.25) is 4.79 Å². The zero-order valence-corrected chi connectivity index (χ0v) is 15.0. The van der Waals surface area contributed by atoms with E-state index in [4.69, 9.17) is 9.39 Å². The molecule has 3 atom stereocenters. The Morgan fingerprint density at radius 3 is 2.63 bits per heavy atom. The van der Waals surface area contributed by atoms with Crippen LogP contribution in [0.15, 0.2) is 12.1 Å². The number of hydrogen-bond acceptors (Lipinski definition) is 5. The number of carbonyl (C=O) groups is 2. The summed E-state index contributed by atoms with van der Waals surface area (Å²) in [6, 6.07) is 3.44. The first-order valence-electron chi connectivity index (χ1n) is 9.69. The van der Waals surface area contributed by atoms with Gasteiger partial charge in [0.05, 0.1) is 13.1 Å². The van der Waals surface area contributed by atoms with E-state index in [-0.39, 0.29) is 35.0 Å². The highest BCUT2D eigenvalue weighted by atomic mass is 16.5. The Balaban J connectivity index is 1.26. The molecule has 0 unspecified atom stereocenters. The van der Waals surface area contributed by atoms with Gasteiger partial charge in [-0.2, -0.15) is 0 Å². The molecule has 7 nitrogen and oxygen atoms in total. The number of likely N-dealkylation sites (tertiary alicyclic amines) is 1. The number of carbonyl (C=O) groups excluding carboxylic acids is 1. The Morgan fingerprint density at radius 2 is 1.93 bits per heavy atom. The van der Waals surface area contributed by atoms with Crippen molar-refractivity contribution in [2.24, 2.45) is 17.8 Å². The number of aromatic carboxylic acids is 1. The number of hydrogen-bond donors (Lipinski definition) is 2. The number of nitrogens with zero attached hydrogens (tertiary/aromatic N) is 1. The topological polar surface area (TPSA) is 96.3 Å². The van der Waals surface area contributed by atoms with Gasteiger partial charge < -0.3 is 24.4 Å². The maximum absolute atomic E-state index is 12.5. The molecule has 2 heterocycles. The third-order valence-corrected chi connectivity index (χ3v) is 6.38. The normalized spacial score (nSPS) is 28.7. The van der Waals surface area contributed by atoms with Crippen LogP contribution >= 0.6 is 0 Å². The molecule has 1 amide bonds. The molecular weight excluding hydrogens is 349 g/mol. The van der Waals surface area contributed by atoms with Gasteiger partial charge in [-0.05, 0) is 55.5 Å². The molecule has 0 bridgehead atoms. The third-order valence-electron chi connectivity index (χ3n) is 6.38. The maximum atomic E-state index is 12.5. The van der Waals surface area contributed by atoms with Gasteiger partial charge in [0.2, 0.25) is 5.91 Å². The van der Waals surface area contributed by atoms with E-state index in [1.54, 1.807) is 12.1 Å². The lowest BCUT2D eigenvalue weighted by Gasteiger charge is -2.40. The fraction of sp³-hybridized carbons (Fsp3) is 0.579. The van der Waals surface area contributed by atoms with Crippen LogP contribution in [0.2, 0.25) is 6.32 Å². The molecule has 142 valence electrons. The Morgan fingerprint density at radius 1 is 1.19 bits per heavy atom. The number of aryl methyl sites for hydroxylation is 1. The number of fused-ring (bicyclic) bond motifs is 2. The van der Waals surface area contributed by atoms with Crippen LogP contribution in [-0.4, -0.2) is 53.2 Å². The van der Waals surface area contributed by atoms with Crippen LogP contribution in [-0.2, 0) is 11.2 Å². The van der Waals surface area contributed by atoms with E-state index in [2.05, 4.69) is 0 Å². The van der Waals surface area contributed by atoms with Crippen LogP contribution in [0, 0.1) is 17.8 Å². The van der Waals surface area contributed by atoms with Crippen LogP contribution in [0.5, 0.6) is 11.5 Å². The first-order valence-corrected chi connectivity index (χ1v) is 9.69. The van der Waals surface area contributed by atoms with E-state index in [1.165, 1.54) is 6.42 Å². The summed E-state index contributed by atoms with van der Waals surface area (Å²) in [4.78, 5) is 26.1. The number of amides is 1. The molecule has 3 fully saturated rings. The van der Waals surface area contributed by atoms with Gasteiger partial charge in [0.1, 0.15) is 23.2 Å². The second kappa shape index (κ2) is 6.16. The van der Waals surface area contributed by atoms with Crippen molar-refractivity contribution in [2.45, 2.75) is 38.1 Å². The number of carboxylic acid groups (broad SMARTS) is 1. The molecule has 0 spiro atoms. The monoisotopic (exact) mass is 371 g/mol. The SMILES string of the molecule is O=C(O)c1c(OC2CN(C(=O)[C@@H]3C[C@@H]4C[C@@H]4C3)C2)ccc2c1OB(O)CC2. The molecule has 2 saturated carbocycles. The van der Waals surface area contributed by atoms with Gasteiger partial charge in [-0.1, -0.05) is 6.07 Å². The van der Waals surface area contributed by atoms with Crippen molar-refractivity contribution in [1.29, 1.82) is 0 Å². The van der Waals surface area contributed by atoms with E-state index in [0.29, 0.717) is 25.8 Å². The highest BCUT2D eigenvalue weighted by Crippen LogP contribution is 2.54. The number of rotatable bonds is 4. The van der Waals surface area contributed by atoms with Crippen molar-refractivity contribution >= 4 is 19.0 Å². The minimum absolute atomic E-state index is 0.0492. The van der Waals surface area contributed by atoms with Gasteiger partial charge in [0.25, 0.3) is 0 Å². The summed E-state index contributed by atoms with van der Waals surface area (Å²) >= 11 is 0. The molecule has 4 aliphatic rings. The highest BCUT2D eigenvalue weighted by Gasteiger charge is 2.50. The largest absolute Gasteiger partial charge is 0.535 e. The van der Waals surface area contributed by atoms with E-state index in [1.807, 2.05) is 4.90 Å². The van der Waals surface area contributed by atoms with Crippen molar-refractivity contribution in [1.82, 2.24) is 4.90 Å². The van der Waals surface area contributed by atoms with Crippen LogP contribution < -0.4 is 9.39 Å². The molecule has 5 rings (SSSR count). The first kappa shape index (κ1) is 16.9. The summed E-state index contributed by atoms with van der Waals surface area (Å²) in [5.74, 6) is 1.21. The van der Waals surface area contributed by atoms with Crippen LogP contribution in [0.4, 0.5) is 0 Å². The third kappa shape index (κ3) is 2.96. The minimum Gasteiger partial charge on any atom is -0.535 e. The summed E-state index contributed by atoms with van der Waals surface area (Å²) in [7, 11) is -1.000. The molecule has 2 aliphatic carbocycles. The fourth-order valence-electron chi connectivity index (χ4n) is 4.76. The van der Waals surface area contributed by atoms with Gasteiger partial charge in [-0.15, -0.1) is 0 Å². The standard InChI is InChI=1S/C19H22BNO6/c22-18(13-6-11-5-12(11)7-13)21-8-14(9-21)26-15-2-1-10-3-4-20(25)27-17(10)16(15)19(23)24/h1-2,11-14,25H,3-9H2,(H,23,24)/t11-,12+,13+. The lowest BCUT2D eigenvalue weighted by Crippen LogP contribution is -2.57. The van der Waals surface area contributed by atoms with Crippen LogP contribution in [0.25, 0.3) is 0 Å². The van der Waals surface area contributed by atoms with E-state index < -0.39 is 13.1 Å². The molecule has 0 radical (unpaired) electrons. The average molecular weight is 371 g/mol. The fourth-order valence-corrected chi connectivity index (χ4v) is 4.76. The first-order chi connectivity index (χ1) is 13.0. The van der Waals surface area contributed by atoms with E-state index >= 15 is 0 Å². The molecule has 2 aliphatic heterocycles. The summed E-state index contributed by atoms with van der Waals surface area (Å²) in [6.45, 7) is 0.981. The van der Waals surface area contributed by atoms with Gasteiger partial charge in [-0.25, -0.2) is 4.79 Å². The molecule has 2 N–H and O–H groups in total. The Labute approximate surface area is 157 Å². The lowest BCUT2D eigenvalue weighted by atomic mass is 9.78. The van der Waals surface area contributed by atoms with Crippen molar-refractivity contribution in [3.05, 3.63) is 23.3 Å². The number of benzene rings is 1. The zero-order valence-electron chi connectivity index (χ0n) is 15.0. The quantitative estimate of drug-likeness (QED) is 0.778. The maximum Gasteiger partial charge on any atom is 0.522 e. The molecule has 1 aromatic carbocycles. The molecule has 0 aromatic heterocycles. The molecule has 1 aromatic rings. The second-order valence-electron chi connectivity index (χ2n) is 8.25. The molecule has 8 heteroatoms. The van der Waals surface area contributed by atoms with Gasteiger partial charge >= 0.3 is 13.1 Å². The number of carboxylic acids is 1. The summed E-state index contributed by atoms with van der Waals surface area (Å²) in [6.07, 6.45) is 4.14. The minimum atomic E-state index is -1.15. The average Bonchev–Trinajstić information content (AvgIpc) is 3.21. The zero-order chi connectivity index (χ0) is 18.7. The van der Waals surface area contributed by atoms with E-state index in [0.717, 1.165) is 30.2 Å². The highest BCUT2D eigenvalue weighted by molar-refractivity contribution is 6.44. The Bertz CT molecular complexity index is 798. The molecular formula is C19H22BNO6. The van der Waals surface area contributed by atoms with Gasteiger partial charge in [0.15, 0.2) is 0 Å². The smallest absolute Gasteiger partial charge is 0.522 e. The van der Waals surface area contributed by atoms with Crippen molar-refractivity contribution in [2.75, 3.05) is 13.1 Å². The summed E-state index contributed by atoms with van der Waals surface area (Å²) in [5, 5.41) is 19.3. The van der Waals surface area contributed by atoms with E-state index in [9.17, 15) is 19.7 Å². The molecule has 1 saturated heterocycles.